The Morgan fingerprint density at radius 1 is 1.26 bits per heavy atom. The fourth-order valence-electron chi connectivity index (χ4n) is 1.54. The van der Waals surface area contributed by atoms with E-state index in [4.69, 9.17) is 16.7 Å². The number of halogens is 1. The minimum Gasteiger partial charge on any atom is -0.268 e. The lowest BCUT2D eigenvalue weighted by Gasteiger charge is -2.06. The largest absolute Gasteiger partial charge is 0.268 e. The van der Waals surface area contributed by atoms with Gasteiger partial charge in [-0.1, -0.05) is 17.7 Å². The number of hydrogen-bond donors (Lipinski definition) is 1. The summed E-state index contributed by atoms with van der Waals surface area (Å²) in [5, 5.41) is 9.13. The molecular weight excluding hydrogens is 290 g/mol. The minimum atomic E-state index is -3.91. The van der Waals surface area contributed by atoms with E-state index >= 15 is 0 Å². The van der Waals surface area contributed by atoms with Crippen molar-refractivity contribution >= 4 is 21.6 Å². The van der Waals surface area contributed by atoms with Crippen LogP contribution in [0.15, 0.2) is 40.0 Å². The third-order valence-electron chi connectivity index (χ3n) is 2.49. The van der Waals surface area contributed by atoms with Crippen molar-refractivity contribution in [1.29, 1.82) is 0 Å². The van der Waals surface area contributed by atoms with Crippen LogP contribution in [-0.2, 0) is 17.1 Å². The number of rotatable bonds is 2. The third kappa shape index (κ3) is 2.83. The average Bonchev–Trinajstić information content (AvgIpc) is 2.32. The first kappa shape index (κ1) is 13.7. The topological polar surface area (TPSA) is 95.1 Å². The Hall–Kier alpha value is -1.70. The van der Waals surface area contributed by atoms with Crippen LogP contribution in [0, 0.1) is 0 Å². The number of sulfonamides is 1. The van der Waals surface area contributed by atoms with Gasteiger partial charge in [0.15, 0.2) is 0 Å². The van der Waals surface area contributed by atoms with Crippen LogP contribution < -0.4 is 10.7 Å². The van der Waals surface area contributed by atoms with E-state index in [0.29, 0.717) is 11.3 Å². The van der Waals surface area contributed by atoms with E-state index in [0.717, 1.165) is 4.68 Å². The summed E-state index contributed by atoms with van der Waals surface area (Å²) in [5.41, 5.74) is 0.692. The quantitative estimate of drug-likeness (QED) is 0.885. The van der Waals surface area contributed by atoms with Gasteiger partial charge < -0.3 is 0 Å². The van der Waals surface area contributed by atoms with E-state index in [9.17, 15) is 13.2 Å². The van der Waals surface area contributed by atoms with Gasteiger partial charge in [-0.25, -0.2) is 18.2 Å². The molecule has 0 radical (unpaired) electrons. The van der Waals surface area contributed by atoms with Crippen molar-refractivity contribution in [2.45, 2.75) is 4.90 Å². The first-order valence-corrected chi connectivity index (χ1v) is 7.08. The molecular formula is C11H10ClN3O3S. The van der Waals surface area contributed by atoms with E-state index in [2.05, 4.69) is 5.10 Å². The molecule has 2 rings (SSSR count). The second-order valence-electron chi connectivity index (χ2n) is 3.87. The van der Waals surface area contributed by atoms with Crippen molar-refractivity contribution in [2.24, 2.45) is 12.2 Å². The van der Waals surface area contributed by atoms with Gasteiger partial charge in [0, 0.05) is 18.7 Å². The first-order valence-electron chi connectivity index (χ1n) is 5.16. The van der Waals surface area contributed by atoms with Gasteiger partial charge in [-0.15, -0.1) is 0 Å². The van der Waals surface area contributed by atoms with Crippen LogP contribution in [0.3, 0.4) is 0 Å². The predicted molar refractivity (Wildman–Crippen MR) is 71.3 cm³/mol. The van der Waals surface area contributed by atoms with E-state index in [1.165, 1.54) is 31.3 Å². The van der Waals surface area contributed by atoms with Crippen molar-refractivity contribution in [1.82, 2.24) is 9.78 Å². The highest BCUT2D eigenvalue weighted by Gasteiger charge is 2.14. The third-order valence-corrected chi connectivity index (χ3v) is 3.89. The average molecular weight is 300 g/mol. The van der Waals surface area contributed by atoms with Crippen LogP contribution in [0.1, 0.15) is 0 Å². The van der Waals surface area contributed by atoms with Crippen LogP contribution in [-0.4, -0.2) is 18.2 Å². The lowest BCUT2D eigenvalue weighted by Crippen LogP contribution is -2.18. The smallest absolute Gasteiger partial charge is 0.266 e. The van der Waals surface area contributed by atoms with E-state index in [-0.39, 0.29) is 15.5 Å². The van der Waals surface area contributed by atoms with Crippen LogP contribution in [0.5, 0.6) is 0 Å². The summed E-state index contributed by atoms with van der Waals surface area (Å²) in [6.07, 6.45) is 0. The molecule has 2 aromatic rings. The standard InChI is InChI=1S/C11H10ClN3O3S/c1-15-11(16)5-4-9(14-15)7-2-3-8(12)10(6-7)19(13,17)18/h2-6H,1H3,(H2,13,17,18). The summed E-state index contributed by atoms with van der Waals surface area (Å²) in [6, 6.07) is 7.18. The molecule has 0 unspecified atom stereocenters. The molecule has 0 amide bonds. The second-order valence-corrected chi connectivity index (χ2v) is 5.81. The number of nitrogens with two attached hydrogens (primary N) is 1. The lowest BCUT2D eigenvalue weighted by atomic mass is 10.1. The summed E-state index contributed by atoms with van der Waals surface area (Å²) in [4.78, 5) is 11.1. The maximum absolute atomic E-state index is 11.4. The molecule has 0 aliphatic rings. The minimum absolute atomic E-state index is 0.0380. The SMILES string of the molecule is Cn1nc(-c2ccc(Cl)c(S(N)(=O)=O)c2)ccc1=O. The highest BCUT2D eigenvalue weighted by molar-refractivity contribution is 7.89. The fourth-order valence-corrected chi connectivity index (χ4v) is 2.61. The Balaban J connectivity index is 2.64. The summed E-state index contributed by atoms with van der Waals surface area (Å²) in [5.74, 6) is 0. The van der Waals surface area contributed by atoms with Crippen LogP contribution in [0.2, 0.25) is 5.02 Å². The molecule has 1 aromatic carbocycles. The van der Waals surface area contributed by atoms with E-state index in [1.807, 2.05) is 0 Å². The van der Waals surface area contributed by atoms with Gasteiger partial charge in [-0.05, 0) is 18.2 Å². The molecule has 8 heteroatoms. The zero-order valence-corrected chi connectivity index (χ0v) is 11.4. The maximum Gasteiger partial charge on any atom is 0.266 e. The Morgan fingerprint density at radius 3 is 2.53 bits per heavy atom. The fraction of sp³-hybridized carbons (Fsp3) is 0.0909. The van der Waals surface area contributed by atoms with Crippen molar-refractivity contribution in [2.75, 3.05) is 0 Å². The van der Waals surface area contributed by atoms with Crippen molar-refractivity contribution in [3.63, 3.8) is 0 Å². The number of hydrogen-bond acceptors (Lipinski definition) is 4. The molecule has 0 saturated carbocycles. The summed E-state index contributed by atoms with van der Waals surface area (Å²) in [6.45, 7) is 0. The van der Waals surface area contributed by atoms with Gasteiger partial charge in [0.2, 0.25) is 10.0 Å². The van der Waals surface area contributed by atoms with Gasteiger partial charge in [-0.3, -0.25) is 4.79 Å². The second kappa shape index (κ2) is 4.76. The summed E-state index contributed by atoms with van der Waals surface area (Å²) < 4.78 is 23.9. The first-order chi connectivity index (χ1) is 8.79. The molecule has 1 heterocycles. The zero-order valence-electron chi connectivity index (χ0n) is 9.87. The van der Waals surface area contributed by atoms with Crippen molar-refractivity contribution in [3.8, 4) is 11.3 Å². The molecule has 0 spiro atoms. The molecule has 6 nitrogen and oxygen atoms in total. The van der Waals surface area contributed by atoms with Gasteiger partial charge in [0.05, 0.1) is 10.7 Å². The number of primary sulfonamides is 1. The van der Waals surface area contributed by atoms with Gasteiger partial charge >= 0.3 is 0 Å². The maximum atomic E-state index is 11.4. The molecule has 0 fully saturated rings. The van der Waals surface area contributed by atoms with Crippen molar-refractivity contribution < 1.29 is 8.42 Å². The molecule has 0 saturated heterocycles. The lowest BCUT2D eigenvalue weighted by molar-refractivity contribution is 0.598. The van der Waals surface area contributed by atoms with Crippen LogP contribution in [0.25, 0.3) is 11.3 Å². The number of benzene rings is 1. The molecule has 19 heavy (non-hydrogen) atoms. The Bertz CT molecular complexity index is 799. The summed E-state index contributed by atoms with van der Waals surface area (Å²) in [7, 11) is -2.41. The highest BCUT2D eigenvalue weighted by Crippen LogP contribution is 2.26. The predicted octanol–water partition coefficient (Wildman–Crippen LogP) is 0.748. The zero-order chi connectivity index (χ0) is 14.2. The van der Waals surface area contributed by atoms with Crippen LogP contribution >= 0.6 is 11.6 Å². The monoisotopic (exact) mass is 299 g/mol. The normalized spacial score (nSPS) is 11.5. The molecule has 1 aromatic heterocycles. The molecule has 0 bridgehead atoms. The molecule has 0 atom stereocenters. The van der Waals surface area contributed by atoms with E-state index in [1.54, 1.807) is 6.07 Å². The Labute approximate surface area is 114 Å². The van der Waals surface area contributed by atoms with Crippen LogP contribution in [0.4, 0.5) is 0 Å². The van der Waals surface area contributed by atoms with Gasteiger partial charge in [-0.2, -0.15) is 5.10 Å². The van der Waals surface area contributed by atoms with E-state index < -0.39 is 10.0 Å². The number of nitrogens with zero attached hydrogens (tertiary/aromatic N) is 2. The van der Waals surface area contributed by atoms with Gasteiger partial charge in [0.1, 0.15) is 4.90 Å². The molecule has 0 aliphatic heterocycles. The number of aryl methyl sites for hydroxylation is 1. The van der Waals surface area contributed by atoms with Crippen molar-refractivity contribution in [3.05, 3.63) is 45.7 Å². The van der Waals surface area contributed by atoms with Gasteiger partial charge in [0.25, 0.3) is 5.56 Å². The Kier molecular flexibility index (Phi) is 3.44. The Morgan fingerprint density at radius 2 is 1.95 bits per heavy atom. The number of aromatic nitrogens is 2. The highest BCUT2D eigenvalue weighted by atomic mass is 35.5. The summed E-state index contributed by atoms with van der Waals surface area (Å²) >= 11 is 5.79. The molecule has 0 aliphatic carbocycles. The molecule has 100 valence electrons. The molecule has 2 N–H and O–H groups in total.